The molecule has 1 saturated carbocycles. The molecule has 2 unspecified atom stereocenters. The van der Waals surface area contributed by atoms with E-state index in [-0.39, 0.29) is 11.6 Å². The number of imidazole rings is 1. The predicted octanol–water partition coefficient (Wildman–Crippen LogP) is 2.18. The fourth-order valence-corrected chi connectivity index (χ4v) is 4.28. The third-order valence-corrected chi connectivity index (χ3v) is 5.80. The van der Waals surface area contributed by atoms with Gasteiger partial charge in [0, 0.05) is 37.8 Å². The number of carbonyl (C=O) groups excluding carboxylic acids is 1. The highest BCUT2D eigenvalue weighted by atomic mass is 16.7. The Balaban J connectivity index is 1.40. The average molecular weight is 345 g/mol. The summed E-state index contributed by atoms with van der Waals surface area (Å²) in [5.74, 6) is 2.54. The number of fused-ring (bicyclic) bond motifs is 1. The van der Waals surface area contributed by atoms with Crippen LogP contribution in [0.5, 0.6) is 0 Å². The topological polar surface area (TPSA) is 63.0 Å². The van der Waals surface area contributed by atoms with E-state index >= 15 is 0 Å². The van der Waals surface area contributed by atoms with Crippen LogP contribution >= 0.6 is 0 Å². The molecule has 0 N–H and O–H groups in total. The van der Waals surface area contributed by atoms with Crippen LogP contribution < -0.4 is 0 Å². The van der Waals surface area contributed by atoms with Gasteiger partial charge in [0.15, 0.2) is 5.84 Å². The first kappa shape index (κ1) is 16.4. The minimum Gasteiger partial charge on any atom is -0.366 e. The molecule has 7 nitrogen and oxygen atoms in total. The lowest BCUT2D eigenvalue weighted by Crippen LogP contribution is -2.45. The first-order valence-electron chi connectivity index (χ1n) is 9.20. The molecule has 0 spiro atoms. The highest BCUT2D eigenvalue weighted by molar-refractivity contribution is 5.94. The van der Waals surface area contributed by atoms with Gasteiger partial charge in [-0.25, -0.2) is 4.98 Å². The number of rotatable bonds is 4. The van der Waals surface area contributed by atoms with Crippen LogP contribution in [0.3, 0.4) is 0 Å². The number of carbonyl (C=O) groups is 1. The molecule has 1 aromatic rings. The molecule has 0 radical (unpaired) electrons. The van der Waals surface area contributed by atoms with Crippen molar-refractivity contribution >= 4 is 11.7 Å². The molecule has 0 bridgehead atoms. The zero-order chi connectivity index (χ0) is 17.9. The summed E-state index contributed by atoms with van der Waals surface area (Å²) in [6.45, 7) is 12.9. The van der Waals surface area contributed by atoms with Crippen molar-refractivity contribution < 1.29 is 9.63 Å². The van der Waals surface area contributed by atoms with Crippen molar-refractivity contribution in [2.75, 3.05) is 19.6 Å². The lowest BCUT2D eigenvalue weighted by atomic mass is 10.1. The summed E-state index contributed by atoms with van der Waals surface area (Å²) in [4.78, 5) is 26.8. The summed E-state index contributed by atoms with van der Waals surface area (Å²) in [7, 11) is 0. The van der Waals surface area contributed by atoms with Crippen molar-refractivity contribution in [2.24, 2.45) is 22.9 Å². The van der Waals surface area contributed by atoms with E-state index in [9.17, 15) is 4.79 Å². The van der Waals surface area contributed by atoms with E-state index in [0.29, 0.717) is 29.5 Å². The molecule has 1 amide bonds. The summed E-state index contributed by atoms with van der Waals surface area (Å²) in [5.41, 5.74) is 0.185. The second-order valence-corrected chi connectivity index (χ2v) is 8.10. The molecule has 136 valence electrons. The van der Waals surface area contributed by atoms with E-state index in [1.807, 2.05) is 29.5 Å². The molecule has 1 aliphatic carbocycles. The highest BCUT2D eigenvalue weighted by Crippen LogP contribution is 2.54. The fraction of sp³-hybridized carbons (Fsp3) is 0.722. The third kappa shape index (κ3) is 2.51. The summed E-state index contributed by atoms with van der Waals surface area (Å²) in [6, 6.07) is 0.314. The van der Waals surface area contributed by atoms with Gasteiger partial charge in [-0.2, -0.15) is 0 Å². The quantitative estimate of drug-likeness (QED) is 0.839. The molecular formula is C18H27N5O2. The van der Waals surface area contributed by atoms with Gasteiger partial charge in [-0.05, 0) is 46.5 Å². The smallest absolute Gasteiger partial charge is 0.274 e. The van der Waals surface area contributed by atoms with Gasteiger partial charge < -0.3 is 19.2 Å². The Morgan fingerprint density at radius 3 is 2.60 bits per heavy atom. The van der Waals surface area contributed by atoms with Crippen molar-refractivity contribution in [2.45, 2.75) is 46.4 Å². The van der Waals surface area contributed by atoms with E-state index in [1.165, 1.54) is 0 Å². The van der Waals surface area contributed by atoms with Crippen LogP contribution in [0.2, 0.25) is 0 Å². The molecule has 3 heterocycles. The second kappa shape index (κ2) is 5.47. The molecule has 2 fully saturated rings. The van der Waals surface area contributed by atoms with Gasteiger partial charge >= 0.3 is 0 Å². The van der Waals surface area contributed by atoms with Crippen molar-refractivity contribution in [3.63, 3.8) is 0 Å². The van der Waals surface area contributed by atoms with Gasteiger partial charge in [0.1, 0.15) is 5.69 Å². The van der Waals surface area contributed by atoms with Gasteiger partial charge in [-0.15, -0.1) is 0 Å². The molecule has 7 heteroatoms. The number of piperidine rings is 1. The predicted molar refractivity (Wildman–Crippen MR) is 94.0 cm³/mol. The number of hydrogen-bond donors (Lipinski definition) is 0. The summed E-state index contributed by atoms with van der Waals surface area (Å²) in [6.07, 6.45) is 3.59. The van der Waals surface area contributed by atoms with E-state index in [0.717, 1.165) is 25.5 Å². The Hall–Kier alpha value is -2.05. The third-order valence-electron chi connectivity index (χ3n) is 5.80. The first-order valence-corrected chi connectivity index (χ1v) is 9.20. The monoisotopic (exact) mass is 345 g/mol. The van der Waals surface area contributed by atoms with Crippen LogP contribution in [0.1, 0.15) is 51.1 Å². The lowest BCUT2D eigenvalue weighted by Gasteiger charge is -2.31. The molecule has 2 aliphatic heterocycles. The van der Waals surface area contributed by atoms with Gasteiger partial charge in [-0.3, -0.25) is 4.79 Å². The van der Waals surface area contributed by atoms with Crippen LogP contribution in [0, 0.1) is 17.8 Å². The Kier molecular flexibility index (Phi) is 3.60. The van der Waals surface area contributed by atoms with Crippen molar-refractivity contribution in [3.8, 4) is 0 Å². The molecule has 3 aliphatic rings. The van der Waals surface area contributed by atoms with Crippen LogP contribution in [0.15, 0.2) is 17.7 Å². The first-order chi connectivity index (χ1) is 11.8. The number of nitrogens with zero attached hydrogens (tertiary/aromatic N) is 5. The summed E-state index contributed by atoms with van der Waals surface area (Å²) < 4.78 is 1.97. The Labute approximate surface area is 148 Å². The van der Waals surface area contributed by atoms with Gasteiger partial charge in [0.25, 0.3) is 5.91 Å². The van der Waals surface area contributed by atoms with Crippen LogP contribution in [0.25, 0.3) is 0 Å². The molecular weight excluding hydrogens is 318 g/mol. The minimum absolute atomic E-state index is 0.0441. The van der Waals surface area contributed by atoms with Crippen molar-refractivity contribution in [1.82, 2.24) is 19.4 Å². The molecule has 4 rings (SSSR count). The zero-order valence-corrected chi connectivity index (χ0v) is 15.6. The number of oxime groups is 1. The average Bonchev–Trinajstić information content (AvgIpc) is 3.00. The molecule has 1 aromatic heterocycles. The highest BCUT2D eigenvalue weighted by Gasteiger charge is 2.62. The summed E-state index contributed by atoms with van der Waals surface area (Å²) in [5, 5.41) is 4.36. The van der Waals surface area contributed by atoms with Gasteiger partial charge in [-0.1, -0.05) is 5.16 Å². The van der Waals surface area contributed by atoms with Crippen LogP contribution in [-0.2, 0) is 4.84 Å². The second-order valence-electron chi connectivity index (χ2n) is 8.10. The Morgan fingerprint density at radius 1 is 1.36 bits per heavy atom. The number of aromatic nitrogens is 2. The Morgan fingerprint density at radius 2 is 2.04 bits per heavy atom. The van der Waals surface area contributed by atoms with Gasteiger partial charge in [0.05, 0.1) is 6.33 Å². The number of hydrogen-bond acceptors (Lipinski definition) is 5. The van der Waals surface area contributed by atoms with E-state index < -0.39 is 0 Å². The van der Waals surface area contributed by atoms with Crippen LogP contribution in [0.4, 0.5) is 0 Å². The van der Waals surface area contributed by atoms with Crippen molar-refractivity contribution in [3.05, 3.63) is 18.2 Å². The largest absolute Gasteiger partial charge is 0.366 e. The minimum atomic E-state index is -0.361. The van der Waals surface area contributed by atoms with Crippen molar-refractivity contribution in [1.29, 1.82) is 0 Å². The maximum atomic E-state index is 12.7. The standard InChI is InChI=1S/C18H27N5O2/c1-6-23-16(20-25-18(23,4)5)15-12-7-21(8-13(12)15)17(24)14-9-22(10-19-14)11(2)3/h9-13,15H,6-8H2,1-5H3. The number of likely N-dealkylation sites (tertiary alicyclic amines) is 1. The molecule has 25 heavy (non-hydrogen) atoms. The summed E-state index contributed by atoms with van der Waals surface area (Å²) >= 11 is 0. The van der Waals surface area contributed by atoms with Gasteiger partial charge in [0.2, 0.25) is 5.72 Å². The van der Waals surface area contributed by atoms with E-state index in [1.54, 1.807) is 6.33 Å². The number of amidine groups is 1. The molecule has 2 atom stereocenters. The molecule has 0 aromatic carbocycles. The Bertz CT molecular complexity index is 711. The SMILES string of the molecule is CCN1C(C2C3CN(C(=O)c4cn(C(C)C)cn4)CC32)=NOC1(C)C. The fourth-order valence-electron chi connectivity index (χ4n) is 4.28. The maximum absolute atomic E-state index is 12.7. The maximum Gasteiger partial charge on any atom is 0.274 e. The molecule has 1 saturated heterocycles. The lowest BCUT2D eigenvalue weighted by molar-refractivity contribution is -0.0670. The van der Waals surface area contributed by atoms with E-state index in [4.69, 9.17) is 4.84 Å². The normalized spacial score (nSPS) is 29.7. The van der Waals surface area contributed by atoms with E-state index in [2.05, 4.69) is 35.8 Å². The number of amides is 1. The zero-order valence-electron chi connectivity index (χ0n) is 15.6. The van der Waals surface area contributed by atoms with Crippen LogP contribution in [-0.4, -0.2) is 56.5 Å².